The molecule has 0 atom stereocenters. The van der Waals surface area contributed by atoms with E-state index in [1.807, 2.05) is 132 Å². The van der Waals surface area contributed by atoms with Gasteiger partial charge in [-0.15, -0.1) is 0 Å². The highest BCUT2D eigenvalue weighted by Gasteiger charge is 2.37. The molecule has 0 saturated carbocycles. The second-order valence-corrected chi connectivity index (χ2v) is 19.8. The minimum Gasteiger partial charge on any atom is -0.309 e. The molecule has 8 heteroatoms. The average Bonchev–Trinajstić information content (AvgIpc) is 3.96. The van der Waals surface area contributed by atoms with Crippen LogP contribution in [0.1, 0.15) is 27.8 Å². The highest BCUT2D eigenvalue weighted by atomic mass is 19.4. The van der Waals surface area contributed by atoms with Crippen LogP contribution in [0.2, 0.25) is 0 Å². The first-order valence-corrected chi connectivity index (χ1v) is 25.4. The van der Waals surface area contributed by atoms with Crippen LogP contribution >= 0.6 is 0 Å². The molecule has 76 heavy (non-hydrogen) atoms. The molecule has 0 spiro atoms. The molecule has 0 aliphatic carbocycles. The van der Waals surface area contributed by atoms with E-state index >= 15 is 13.2 Å². The highest BCUT2D eigenvalue weighted by molar-refractivity contribution is 6.13. The summed E-state index contributed by atoms with van der Waals surface area (Å²) in [5.74, 6) is 1.21. The summed E-state index contributed by atoms with van der Waals surface area (Å²) >= 11 is 0. The molecular weight excluding hydrogens is 944 g/mol. The van der Waals surface area contributed by atoms with Crippen LogP contribution in [0, 0.1) is 27.7 Å². The largest absolute Gasteiger partial charge is 0.417 e. The number of rotatable bonds is 8. The molecule has 3 aromatic heterocycles. The highest BCUT2D eigenvalue weighted by Crippen LogP contribution is 2.48. The molecule has 0 saturated heterocycles. The monoisotopic (exact) mass is 991 g/mol. The van der Waals surface area contributed by atoms with Gasteiger partial charge in [0.2, 0.25) is 0 Å². The zero-order valence-corrected chi connectivity index (χ0v) is 42.2. The van der Waals surface area contributed by atoms with Crippen molar-refractivity contribution in [2.45, 2.75) is 33.9 Å². The van der Waals surface area contributed by atoms with Crippen molar-refractivity contribution in [3.63, 3.8) is 0 Å². The Bertz CT molecular complexity index is 4380. The zero-order chi connectivity index (χ0) is 51.8. The first kappa shape index (κ1) is 46.4. The number of aryl methyl sites for hydroxylation is 4. The van der Waals surface area contributed by atoms with E-state index in [0.29, 0.717) is 40.0 Å². The van der Waals surface area contributed by atoms with Crippen LogP contribution in [0.25, 0.3) is 123 Å². The fourth-order valence-electron chi connectivity index (χ4n) is 11.3. The predicted octanol–water partition coefficient (Wildman–Crippen LogP) is 18.3. The number of alkyl halides is 3. The van der Waals surface area contributed by atoms with E-state index in [2.05, 4.69) is 111 Å². The molecule has 0 aliphatic heterocycles. The number of benzene rings is 10. The van der Waals surface area contributed by atoms with E-state index in [9.17, 15) is 0 Å². The Morgan fingerprint density at radius 2 is 0.776 bits per heavy atom. The molecule has 0 unspecified atom stereocenters. The second-order valence-electron chi connectivity index (χ2n) is 19.8. The van der Waals surface area contributed by atoms with Gasteiger partial charge < -0.3 is 9.13 Å². The first-order chi connectivity index (χ1) is 37.0. The van der Waals surface area contributed by atoms with Gasteiger partial charge in [0.15, 0.2) is 17.5 Å². The van der Waals surface area contributed by atoms with E-state index in [4.69, 9.17) is 15.0 Å². The third-order valence-corrected chi connectivity index (χ3v) is 14.8. The summed E-state index contributed by atoms with van der Waals surface area (Å²) in [6.45, 7) is 8.41. The summed E-state index contributed by atoms with van der Waals surface area (Å²) in [4.78, 5) is 15.1. The number of nitrogens with zero attached hydrogens (tertiary/aromatic N) is 5. The number of aromatic nitrogens is 5. The van der Waals surface area contributed by atoms with Gasteiger partial charge in [-0.05, 0) is 128 Å². The Kier molecular flexibility index (Phi) is 11.1. The lowest BCUT2D eigenvalue weighted by Crippen LogP contribution is -2.11. The normalized spacial score (nSPS) is 11.9. The van der Waals surface area contributed by atoms with Crippen molar-refractivity contribution in [1.82, 2.24) is 24.1 Å². The van der Waals surface area contributed by atoms with Crippen LogP contribution in [-0.2, 0) is 6.18 Å². The molecule has 13 aromatic rings. The zero-order valence-electron chi connectivity index (χ0n) is 42.2. The topological polar surface area (TPSA) is 48.5 Å². The molecule has 366 valence electrons. The minimum absolute atomic E-state index is 0.0198. The number of para-hydroxylation sites is 2. The lowest BCUT2D eigenvalue weighted by molar-refractivity contribution is -0.137. The average molecular weight is 992 g/mol. The molecule has 0 fully saturated rings. The predicted molar refractivity (Wildman–Crippen MR) is 305 cm³/mol. The van der Waals surface area contributed by atoms with Crippen LogP contribution in [0.4, 0.5) is 13.2 Å². The van der Waals surface area contributed by atoms with Crippen molar-refractivity contribution in [1.29, 1.82) is 0 Å². The van der Waals surface area contributed by atoms with Crippen LogP contribution in [0.3, 0.4) is 0 Å². The molecule has 0 N–H and O–H groups in total. The quantitative estimate of drug-likeness (QED) is 0.152. The van der Waals surface area contributed by atoms with Gasteiger partial charge in [-0.3, -0.25) is 0 Å². The van der Waals surface area contributed by atoms with Crippen LogP contribution in [0.5, 0.6) is 0 Å². The molecule has 5 nitrogen and oxygen atoms in total. The van der Waals surface area contributed by atoms with Gasteiger partial charge in [0.25, 0.3) is 0 Å². The summed E-state index contributed by atoms with van der Waals surface area (Å²) in [5, 5.41) is 3.81. The van der Waals surface area contributed by atoms with Crippen LogP contribution < -0.4 is 0 Å². The van der Waals surface area contributed by atoms with Gasteiger partial charge in [0.05, 0.1) is 39.0 Å². The molecule has 10 aromatic carbocycles. The molecule has 0 amide bonds. The third kappa shape index (κ3) is 7.92. The SMILES string of the molecule is Cc1ccc(-c2ccc3c(c2)c2ccccc2n3-c2ccc(-c3nc(-c4ccccc4)nc(-c4ccccc4)n3)cc2-c2c(-n3c4ccccc4c4cc(-c5ccc(C)cc5C)ccc43)cccc2C(F)(F)F)c(C)c1. The number of halogens is 3. The minimum atomic E-state index is -4.77. The Hall–Kier alpha value is -9.40. The standard InChI is InChI=1S/C68H48F3N5/c1-41-26-31-50(43(3)36-41)47-28-33-60-54(38-47)52-20-11-13-23-58(52)75(60)62-35-30-49(67-73-65(45-16-7-5-8-17-45)72-66(74-67)46-18-9-6-10-19-46)40-56(62)64-57(68(69,70)71)22-15-25-63(64)76-59-24-14-12-21-53(59)55-39-48(29-34-61(55)76)51-32-27-42(2)37-44(51)4/h5-40H,1-4H3. The second kappa shape index (κ2) is 18.2. The lowest BCUT2D eigenvalue weighted by atomic mass is 9.93. The molecule has 13 rings (SSSR count). The fourth-order valence-corrected chi connectivity index (χ4v) is 11.3. The van der Waals surface area contributed by atoms with Gasteiger partial charge in [0.1, 0.15) is 0 Å². The van der Waals surface area contributed by atoms with E-state index in [1.165, 1.54) is 23.3 Å². The summed E-state index contributed by atoms with van der Waals surface area (Å²) in [6, 6.07) is 71.3. The van der Waals surface area contributed by atoms with Gasteiger partial charge in [0, 0.05) is 49.4 Å². The van der Waals surface area contributed by atoms with Gasteiger partial charge in [-0.2, -0.15) is 13.2 Å². The molecule has 0 bridgehead atoms. The van der Waals surface area contributed by atoms with Crippen molar-refractivity contribution in [3.05, 3.63) is 246 Å². The summed E-state index contributed by atoms with van der Waals surface area (Å²) < 4.78 is 53.3. The smallest absolute Gasteiger partial charge is 0.309 e. The van der Waals surface area contributed by atoms with E-state index in [1.54, 1.807) is 0 Å². The maximum absolute atomic E-state index is 16.4. The number of hydrogen-bond donors (Lipinski definition) is 0. The van der Waals surface area contributed by atoms with Crippen LogP contribution in [0.15, 0.2) is 218 Å². The van der Waals surface area contributed by atoms with Gasteiger partial charge in [-0.25, -0.2) is 15.0 Å². The lowest BCUT2D eigenvalue weighted by Gasteiger charge is -2.23. The Balaban J connectivity index is 1.13. The van der Waals surface area contributed by atoms with Crippen molar-refractivity contribution < 1.29 is 13.2 Å². The van der Waals surface area contributed by atoms with Gasteiger partial charge >= 0.3 is 6.18 Å². The van der Waals surface area contributed by atoms with Crippen molar-refractivity contribution >= 4 is 43.6 Å². The number of hydrogen-bond acceptors (Lipinski definition) is 3. The van der Waals surface area contributed by atoms with E-state index in [-0.39, 0.29) is 5.56 Å². The Morgan fingerprint density at radius 1 is 0.329 bits per heavy atom. The maximum Gasteiger partial charge on any atom is 0.417 e. The van der Waals surface area contributed by atoms with E-state index in [0.717, 1.165) is 88.1 Å². The molecule has 3 heterocycles. The Labute approximate surface area is 437 Å². The molecular formula is C68H48F3N5. The van der Waals surface area contributed by atoms with Gasteiger partial charge in [-0.1, -0.05) is 163 Å². The van der Waals surface area contributed by atoms with Crippen molar-refractivity contribution in [3.8, 4) is 78.9 Å². The maximum atomic E-state index is 16.4. The van der Waals surface area contributed by atoms with Crippen LogP contribution in [-0.4, -0.2) is 24.1 Å². The molecule has 0 radical (unpaired) electrons. The van der Waals surface area contributed by atoms with E-state index < -0.39 is 11.7 Å². The van der Waals surface area contributed by atoms with Crippen molar-refractivity contribution in [2.75, 3.05) is 0 Å². The summed E-state index contributed by atoms with van der Waals surface area (Å²) in [6.07, 6.45) is -4.77. The third-order valence-electron chi connectivity index (χ3n) is 14.8. The Morgan fingerprint density at radius 3 is 1.28 bits per heavy atom. The molecule has 0 aliphatic rings. The fraction of sp³-hybridized carbons (Fsp3) is 0.0735. The van der Waals surface area contributed by atoms with Crippen molar-refractivity contribution in [2.24, 2.45) is 0 Å². The summed E-state index contributed by atoms with van der Waals surface area (Å²) in [7, 11) is 0. The first-order valence-electron chi connectivity index (χ1n) is 25.4. The summed E-state index contributed by atoms with van der Waals surface area (Å²) in [5.41, 5.74) is 14.8. The number of fused-ring (bicyclic) bond motifs is 6.